The Morgan fingerprint density at radius 3 is 2.93 bits per heavy atom. The summed E-state index contributed by atoms with van der Waals surface area (Å²) in [5.41, 5.74) is 0. The number of hydrogen-bond donors (Lipinski definition) is 1. The van der Waals surface area contributed by atoms with Gasteiger partial charge in [0, 0.05) is 7.05 Å². The Hall–Kier alpha value is -1.21. The molecule has 1 N–H and O–H groups in total. The average molecular weight is 217 g/mol. The van der Waals surface area contributed by atoms with Gasteiger partial charge in [-0.15, -0.1) is 0 Å². The highest BCUT2D eigenvalue weighted by atomic mass is 32.1. The lowest BCUT2D eigenvalue weighted by Crippen LogP contribution is -2.31. The van der Waals surface area contributed by atoms with E-state index in [1.165, 1.54) is 6.20 Å². The van der Waals surface area contributed by atoms with E-state index in [0.717, 1.165) is 11.3 Å². The van der Waals surface area contributed by atoms with Gasteiger partial charge in [-0.3, -0.25) is 10.1 Å². The smallest absolute Gasteiger partial charge is 0.345 e. The molecule has 78 valence electrons. The van der Waals surface area contributed by atoms with E-state index in [1.807, 2.05) is 6.92 Å². The predicted molar refractivity (Wildman–Crippen MR) is 53.7 cm³/mol. The molecule has 0 saturated heterocycles. The number of nitrogens with zero attached hydrogens (tertiary/aromatic N) is 3. The van der Waals surface area contributed by atoms with Crippen LogP contribution in [0.15, 0.2) is 6.20 Å². The summed E-state index contributed by atoms with van der Waals surface area (Å²) in [4.78, 5) is 15.5. The van der Waals surface area contributed by atoms with Gasteiger partial charge in [-0.1, -0.05) is 0 Å². The molecule has 6 nitrogen and oxygen atoms in total. The fourth-order valence-electron chi connectivity index (χ4n) is 0.815. The maximum atomic E-state index is 10.4. The highest BCUT2D eigenvalue weighted by Crippen LogP contribution is 2.28. The minimum atomic E-state index is -0.474. The quantitative estimate of drug-likeness (QED) is 0.598. The first-order valence-corrected chi connectivity index (χ1v) is 4.81. The van der Waals surface area contributed by atoms with Gasteiger partial charge in [0.2, 0.25) is 0 Å². The second kappa shape index (κ2) is 4.34. The predicted octanol–water partition coefficient (Wildman–Crippen LogP) is 0.868. The number of aromatic nitrogens is 1. The summed E-state index contributed by atoms with van der Waals surface area (Å²) in [5, 5.41) is 19.8. The Morgan fingerprint density at radius 2 is 2.50 bits per heavy atom. The Balaban J connectivity index is 2.81. The number of nitro groups is 1. The molecular formula is C7H11N3O3S. The second-order valence-electron chi connectivity index (χ2n) is 2.88. The molecule has 1 heterocycles. The van der Waals surface area contributed by atoms with E-state index in [9.17, 15) is 10.1 Å². The van der Waals surface area contributed by atoms with Gasteiger partial charge in [-0.25, -0.2) is 4.98 Å². The summed E-state index contributed by atoms with van der Waals surface area (Å²) in [5.74, 6) is 0. The van der Waals surface area contributed by atoms with E-state index in [2.05, 4.69) is 4.98 Å². The average Bonchev–Trinajstić information content (AvgIpc) is 2.64. The zero-order valence-electron chi connectivity index (χ0n) is 7.88. The second-order valence-corrected chi connectivity index (χ2v) is 3.87. The minimum Gasteiger partial charge on any atom is -0.394 e. The van der Waals surface area contributed by atoms with Crippen molar-refractivity contribution < 1.29 is 10.0 Å². The first-order chi connectivity index (χ1) is 6.56. The number of anilines is 1. The molecule has 0 aliphatic rings. The fourth-order valence-corrected chi connectivity index (χ4v) is 1.61. The van der Waals surface area contributed by atoms with Gasteiger partial charge in [-0.05, 0) is 18.3 Å². The zero-order valence-corrected chi connectivity index (χ0v) is 8.69. The van der Waals surface area contributed by atoms with Gasteiger partial charge in [0.1, 0.15) is 6.20 Å². The minimum absolute atomic E-state index is 0.0100. The summed E-state index contributed by atoms with van der Waals surface area (Å²) in [6, 6.07) is -0.0965. The molecular weight excluding hydrogens is 206 g/mol. The van der Waals surface area contributed by atoms with E-state index >= 15 is 0 Å². The van der Waals surface area contributed by atoms with Gasteiger partial charge in [-0.2, -0.15) is 0 Å². The Bertz CT molecular complexity index is 328. The largest absolute Gasteiger partial charge is 0.394 e. The van der Waals surface area contributed by atoms with Crippen molar-refractivity contribution in [3.8, 4) is 0 Å². The van der Waals surface area contributed by atoms with Crippen molar-refractivity contribution in [1.82, 2.24) is 4.98 Å². The van der Waals surface area contributed by atoms with Crippen molar-refractivity contribution >= 4 is 21.5 Å². The van der Waals surface area contributed by atoms with Crippen molar-refractivity contribution in [2.45, 2.75) is 13.0 Å². The van der Waals surface area contributed by atoms with Crippen LogP contribution in [0.3, 0.4) is 0 Å². The number of aliphatic hydroxyl groups excluding tert-OH is 1. The Kier molecular flexibility index (Phi) is 3.37. The molecule has 1 aromatic rings. The standard InChI is InChI=1S/C7H11N3O3S/c1-5(4-11)9(2)7-8-3-6(14-7)10(12)13/h3,5,11H,4H2,1-2H3. The van der Waals surface area contributed by atoms with E-state index in [0.29, 0.717) is 5.13 Å². The lowest BCUT2D eigenvalue weighted by molar-refractivity contribution is -0.380. The van der Waals surface area contributed by atoms with Crippen molar-refractivity contribution in [2.75, 3.05) is 18.6 Å². The monoisotopic (exact) mass is 217 g/mol. The van der Waals surface area contributed by atoms with Crippen LogP contribution in [-0.2, 0) is 0 Å². The van der Waals surface area contributed by atoms with Crippen molar-refractivity contribution in [2.24, 2.45) is 0 Å². The fraction of sp³-hybridized carbons (Fsp3) is 0.571. The van der Waals surface area contributed by atoms with Crippen LogP contribution in [0, 0.1) is 10.1 Å². The maximum absolute atomic E-state index is 10.4. The molecule has 0 bridgehead atoms. The van der Waals surface area contributed by atoms with E-state index in [1.54, 1.807) is 11.9 Å². The molecule has 1 rings (SSSR count). The third-order valence-electron chi connectivity index (χ3n) is 1.89. The summed E-state index contributed by atoms with van der Waals surface area (Å²) in [7, 11) is 1.74. The highest BCUT2D eigenvalue weighted by molar-refractivity contribution is 7.18. The molecule has 1 atom stereocenters. The van der Waals surface area contributed by atoms with Crippen LogP contribution in [0.2, 0.25) is 0 Å². The molecule has 0 amide bonds. The first kappa shape index (κ1) is 10.9. The lowest BCUT2D eigenvalue weighted by Gasteiger charge is -2.21. The summed E-state index contributed by atoms with van der Waals surface area (Å²) < 4.78 is 0. The normalized spacial score (nSPS) is 12.5. The number of likely N-dealkylation sites (N-methyl/N-ethyl adjacent to an activating group) is 1. The molecule has 0 aromatic carbocycles. The van der Waals surface area contributed by atoms with Crippen molar-refractivity contribution in [1.29, 1.82) is 0 Å². The van der Waals surface area contributed by atoms with E-state index in [4.69, 9.17) is 5.11 Å². The third-order valence-corrected chi connectivity index (χ3v) is 2.93. The van der Waals surface area contributed by atoms with Gasteiger partial charge >= 0.3 is 5.00 Å². The van der Waals surface area contributed by atoms with Crippen LogP contribution < -0.4 is 4.90 Å². The van der Waals surface area contributed by atoms with Crippen LogP contribution >= 0.6 is 11.3 Å². The number of hydrogen-bond acceptors (Lipinski definition) is 6. The summed E-state index contributed by atoms with van der Waals surface area (Å²) >= 11 is 0.997. The van der Waals surface area contributed by atoms with E-state index in [-0.39, 0.29) is 17.6 Å². The van der Waals surface area contributed by atoms with Gasteiger partial charge in [0.15, 0.2) is 5.13 Å². The Labute approximate surface area is 85.0 Å². The van der Waals surface area contributed by atoms with E-state index < -0.39 is 4.92 Å². The van der Waals surface area contributed by atoms with Crippen LogP contribution in [0.4, 0.5) is 10.1 Å². The van der Waals surface area contributed by atoms with Crippen LogP contribution in [-0.4, -0.2) is 34.7 Å². The summed E-state index contributed by atoms with van der Waals surface area (Å²) in [6.45, 7) is 1.80. The molecule has 0 fully saturated rings. The van der Waals surface area contributed by atoms with Crippen LogP contribution in [0.5, 0.6) is 0 Å². The highest BCUT2D eigenvalue weighted by Gasteiger charge is 2.17. The zero-order chi connectivity index (χ0) is 10.7. The summed E-state index contributed by atoms with van der Waals surface area (Å²) in [6.07, 6.45) is 1.22. The molecule has 0 aliphatic heterocycles. The number of thiazole rings is 1. The molecule has 7 heteroatoms. The lowest BCUT2D eigenvalue weighted by atomic mass is 10.3. The number of rotatable bonds is 4. The molecule has 14 heavy (non-hydrogen) atoms. The van der Waals surface area contributed by atoms with Crippen molar-refractivity contribution in [3.63, 3.8) is 0 Å². The first-order valence-electron chi connectivity index (χ1n) is 4.00. The van der Waals surface area contributed by atoms with Crippen molar-refractivity contribution in [3.05, 3.63) is 16.3 Å². The van der Waals surface area contributed by atoms with Gasteiger partial charge in [0.25, 0.3) is 0 Å². The topological polar surface area (TPSA) is 79.5 Å². The molecule has 1 unspecified atom stereocenters. The van der Waals surface area contributed by atoms with Gasteiger partial charge in [0.05, 0.1) is 17.6 Å². The molecule has 1 aromatic heterocycles. The molecule has 0 spiro atoms. The molecule has 0 radical (unpaired) electrons. The number of aliphatic hydroxyl groups is 1. The Morgan fingerprint density at radius 1 is 1.86 bits per heavy atom. The molecule has 0 aliphatic carbocycles. The third kappa shape index (κ3) is 2.18. The van der Waals surface area contributed by atoms with Gasteiger partial charge < -0.3 is 10.0 Å². The van der Waals surface area contributed by atoms with Crippen LogP contribution in [0.25, 0.3) is 0 Å². The van der Waals surface area contributed by atoms with Crippen LogP contribution in [0.1, 0.15) is 6.92 Å². The SMILES string of the molecule is CC(CO)N(C)c1ncc([N+](=O)[O-])s1. The molecule has 0 saturated carbocycles. The maximum Gasteiger partial charge on any atom is 0.345 e.